The van der Waals surface area contributed by atoms with E-state index >= 15 is 0 Å². The van der Waals surface area contributed by atoms with Crippen molar-refractivity contribution < 1.29 is 51.9 Å². The molecule has 0 fully saturated rings. The SMILES string of the molecule is CCOC1(C(=O)OC)C(C(=O)OC)=C(C(=O)OC)C(C(=O)OC)=P1(OCC)OCC. The monoisotopic (exact) mass is 450 g/mol. The molecule has 0 bridgehead atoms. The molecule has 1 heterocycles. The van der Waals surface area contributed by atoms with Crippen LogP contribution in [0.25, 0.3) is 0 Å². The summed E-state index contributed by atoms with van der Waals surface area (Å²) in [4.78, 5) is 51.7. The van der Waals surface area contributed by atoms with E-state index in [1.807, 2.05) is 0 Å². The van der Waals surface area contributed by atoms with Gasteiger partial charge in [0.15, 0.2) is 7.34 Å². The lowest BCUT2D eigenvalue weighted by Gasteiger charge is -2.39. The second-order valence-corrected chi connectivity index (χ2v) is 8.23. The summed E-state index contributed by atoms with van der Waals surface area (Å²) >= 11 is 0. The minimum absolute atomic E-state index is 0.0665. The number of ether oxygens (including phenoxy) is 5. The van der Waals surface area contributed by atoms with Gasteiger partial charge in [0, 0.05) is 6.61 Å². The van der Waals surface area contributed by atoms with Crippen LogP contribution in [0.15, 0.2) is 11.1 Å². The van der Waals surface area contributed by atoms with Crippen LogP contribution in [0.5, 0.6) is 0 Å². The van der Waals surface area contributed by atoms with Crippen LogP contribution in [-0.4, -0.2) is 82.8 Å². The van der Waals surface area contributed by atoms with E-state index in [4.69, 9.17) is 32.7 Å². The number of hydrogen-bond donors (Lipinski definition) is 0. The first-order valence-electron chi connectivity index (χ1n) is 9.02. The Kier molecular flexibility index (Phi) is 9.23. The van der Waals surface area contributed by atoms with Crippen molar-refractivity contribution >= 4 is 36.5 Å². The number of esters is 4. The van der Waals surface area contributed by atoms with E-state index < -0.39 is 53.0 Å². The Balaban J connectivity index is 4.44. The van der Waals surface area contributed by atoms with E-state index in [0.29, 0.717) is 0 Å². The maximum atomic E-state index is 13.2. The molecule has 0 saturated carbocycles. The zero-order valence-corrected chi connectivity index (χ0v) is 19.0. The molecule has 170 valence electrons. The number of hydrogen-bond acceptors (Lipinski definition) is 11. The predicted octanol–water partition coefficient (Wildman–Crippen LogP) is 0.814. The molecule has 0 amide bonds. The summed E-state index contributed by atoms with van der Waals surface area (Å²) < 4.78 is 36.9. The summed E-state index contributed by atoms with van der Waals surface area (Å²) in [5.74, 6) is -4.40. The molecule has 1 unspecified atom stereocenters. The summed E-state index contributed by atoms with van der Waals surface area (Å²) in [6.45, 7) is 4.43. The van der Waals surface area contributed by atoms with Gasteiger partial charge in [-0.05, 0) is 20.8 Å². The first-order chi connectivity index (χ1) is 14.2. The minimum atomic E-state index is -4.04. The molecule has 0 aliphatic carbocycles. The van der Waals surface area contributed by atoms with E-state index in [9.17, 15) is 19.2 Å². The highest BCUT2D eigenvalue weighted by Crippen LogP contribution is 2.71. The van der Waals surface area contributed by atoms with E-state index in [1.165, 1.54) is 0 Å². The van der Waals surface area contributed by atoms with Gasteiger partial charge in [0.1, 0.15) is 10.9 Å². The Morgan fingerprint density at radius 3 is 1.60 bits per heavy atom. The van der Waals surface area contributed by atoms with Gasteiger partial charge >= 0.3 is 23.9 Å². The van der Waals surface area contributed by atoms with Crippen molar-refractivity contribution in [3.05, 3.63) is 11.1 Å². The average Bonchev–Trinajstić information content (AvgIpc) is 2.99. The zero-order valence-electron chi connectivity index (χ0n) is 18.1. The van der Waals surface area contributed by atoms with E-state index in [0.717, 1.165) is 28.4 Å². The van der Waals surface area contributed by atoms with Crippen LogP contribution in [0.4, 0.5) is 0 Å². The molecule has 1 rings (SSSR count). The summed E-state index contributed by atoms with van der Waals surface area (Å²) in [7, 11) is 0.159. The van der Waals surface area contributed by atoms with E-state index in [1.54, 1.807) is 20.8 Å². The van der Waals surface area contributed by atoms with Gasteiger partial charge in [-0.1, -0.05) is 0 Å². The van der Waals surface area contributed by atoms with Crippen molar-refractivity contribution in [1.29, 1.82) is 0 Å². The fraction of sp³-hybridized carbons (Fsp3) is 0.611. The smallest absolute Gasteiger partial charge is 0.352 e. The molecule has 1 aliphatic rings. The molecule has 12 heteroatoms. The van der Waals surface area contributed by atoms with Gasteiger partial charge in [-0.25, -0.2) is 19.2 Å². The van der Waals surface area contributed by atoms with Gasteiger partial charge in [-0.2, -0.15) is 0 Å². The van der Waals surface area contributed by atoms with Crippen molar-refractivity contribution in [1.82, 2.24) is 0 Å². The van der Waals surface area contributed by atoms with Gasteiger partial charge in [0.05, 0.1) is 47.2 Å². The van der Waals surface area contributed by atoms with Crippen LogP contribution in [0.3, 0.4) is 0 Å². The molecule has 0 aromatic heterocycles. The lowest BCUT2D eigenvalue weighted by molar-refractivity contribution is -0.160. The Labute approximate surface area is 174 Å². The lowest BCUT2D eigenvalue weighted by Crippen LogP contribution is -2.47. The lowest BCUT2D eigenvalue weighted by atomic mass is 9.99. The summed E-state index contributed by atoms with van der Waals surface area (Å²) in [5.41, 5.74) is -1.19. The molecule has 0 spiro atoms. The third-order valence-electron chi connectivity index (χ3n) is 4.13. The van der Waals surface area contributed by atoms with Crippen LogP contribution in [0.2, 0.25) is 0 Å². The van der Waals surface area contributed by atoms with Crippen LogP contribution in [-0.2, 0) is 51.9 Å². The van der Waals surface area contributed by atoms with Crippen molar-refractivity contribution in [2.75, 3.05) is 48.3 Å². The van der Waals surface area contributed by atoms with Crippen LogP contribution < -0.4 is 0 Å². The largest absolute Gasteiger partial charge is 0.466 e. The fourth-order valence-corrected chi connectivity index (χ4v) is 6.89. The van der Waals surface area contributed by atoms with Gasteiger partial charge in [-0.15, -0.1) is 0 Å². The quantitative estimate of drug-likeness (QED) is 0.266. The van der Waals surface area contributed by atoms with Crippen LogP contribution in [0.1, 0.15) is 20.8 Å². The zero-order chi connectivity index (χ0) is 23.1. The van der Waals surface area contributed by atoms with Gasteiger partial charge < -0.3 is 32.7 Å². The number of methoxy groups -OCH3 is 4. The first kappa shape index (κ1) is 25.8. The Hall–Kier alpha value is -2.20. The summed E-state index contributed by atoms with van der Waals surface area (Å²) in [5, 5.41) is -2.89. The molecule has 30 heavy (non-hydrogen) atoms. The number of rotatable bonds is 10. The molecule has 1 aliphatic heterocycles. The standard InChI is InChI=1S/C18H27O11P/c1-8-27-18(17(22)26-7)12(15(20)24-5)11(14(19)23-4)13(16(21)25-6)30(18,28-9-2)29-10-3/h8-10H2,1-7H3. The fourth-order valence-electron chi connectivity index (χ4n) is 3.20. The number of carbonyl (C=O) groups excluding carboxylic acids is 4. The van der Waals surface area contributed by atoms with Crippen LogP contribution >= 0.6 is 7.34 Å². The van der Waals surface area contributed by atoms with Gasteiger partial charge in [0.2, 0.25) is 0 Å². The second kappa shape index (κ2) is 10.7. The van der Waals surface area contributed by atoms with E-state index in [2.05, 4.69) is 0 Å². The topological polar surface area (TPSA) is 133 Å². The highest BCUT2D eigenvalue weighted by Gasteiger charge is 2.69. The first-order valence-corrected chi connectivity index (χ1v) is 10.6. The molecule has 0 saturated heterocycles. The minimum Gasteiger partial charge on any atom is -0.466 e. The Morgan fingerprint density at radius 1 is 0.733 bits per heavy atom. The van der Waals surface area contributed by atoms with E-state index in [-0.39, 0.29) is 19.8 Å². The Bertz CT molecular complexity index is 788. The molecular formula is C18H27O11P. The maximum Gasteiger partial charge on any atom is 0.352 e. The molecule has 11 nitrogen and oxygen atoms in total. The van der Waals surface area contributed by atoms with Crippen molar-refractivity contribution in [2.45, 2.75) is 26.1 Å². The molecule has 0 radical (unpaired) electrons. The summed E-state index contributed by atoms with van der Waals surface area (Å²) in [6.07, 6.45) is 0. The van der Waals surface area contributed by atoms with Crippen molar-refractivity contribution in [3.63, 3.8) is 0 Å². The van der Waals surface area contributed by atoms with Crippen molar-refractivity contribution in [3.8, 4) is 0 Å². The maximum absolute atomic E-state index is 13.2. The molecule has 1 atom stereocenters. The molecule has 0 aromatic rings. The molecule has 0 aromatic carbocycles. The Morgan fingerprint density at radius 2 is 1.23 bits per heavy atom. The number of carbonyl (C=O) groups is 4. The highest BCUT2D eigenvalue weighted by molar-refractivity contribution is 7.73. The average molecular weight is 450 g/mol. The highest BCUT2D eigenvalue weighted by atomic mass is 31.2. The van der Waals surface area contributed by atoms with Crippen LogP contribution in [0, 0.1) is 0 Å². The van der Waals surface area contributed by atoms with Crippen molar-refractivity contribution in [2.24, 2.45) is 0 Å². The third kappa shape index (κ3) is 3.78. The third-order valence-corrected chi connectivity index (χ3v) is 7.73. The normalized spacial score (nSPS) is 20.0. The molecule has 0 N–H and O–H groups in total. The predicted molar refractivity (Wildman–Crippen MR) is 105 cm³/mol. The van der Waals surface area contributed by atoms with Gasteiger partial charge in [0.25, 0.3) is 5.34 Å². The molecular weight excluding hydrogens is 423 g/mol. The second-order valence-electron chi connectivity index (χ2n) is 5.53. The van der Waals surface area contributed by atoms with Gasteiger partial charge in [-0.3, -0.25) is 0 Å². The summed E-state index contributed by atoms with van der Waals surface area (Å²) in [6, 6.07) is 0.